The van der Waals surface area contributed by atoms with Crippen LogP contribution in [0.2, 0.25) is 0 Å². The van der Waals surface area contributed by atoms with E-state index in [1.165, 1.54) is 11.3 Å². The lowest BCUT2D eigenvalue weighted by atomic mass is 10.2. The Bertz CT molecular complexity index is 1310. The van der Waals surface area contributed by atoms with Crippen molar-refractivity contribution in [2.75, 3.05) is 59.4 Å². The first-order chi connectivity index (χ1) is 19.2. The summed E-state index contributed by atoms with van der Waals surface area (Å²) < 4.78 is 40.1. The first-order valence-corrected chi connectivity index (χ1v) is 16.0. The number of aromatic nitrogens is 1. The van der Waals surface area contributed by atoms with Gasteiger partial charge in [0.15, 0.2) is 16.6 Å². The molecule has 11 heteroatoms. The van der Waals surface area contributed by atoms with Crippen LogP contribution in [0.4, 0.5) is 5.13 Å². The number of ether oxygens (including phenoxy) is 2. The number of amides is 1. The summed E-state index contributed by atoms with van der Waals surface area (Å²) in [6, 6.07) is 9.95. The average Bonchev–Trinajstić information content (AvgIpc) is 3.36. The maximum Gasteiger partial charge on any atom is 0.260 e. The molecular weight excluding hydrogens is 548 g/mol. The fourth-order valence-corrected chi connectivity index (χ4v) is 6.80. The Morgan fingerprint density at radius 3 is 2.02 bits per heavy atom. The van der Waals surface area contributed by atoms with E-state index in [2.05, 4.69) is 4.90 Å². The topological polar surface area (TPSA) is 92.3 Å². The van der Waals surface area contributed by atoms with Gasteiger partial charge >= 0.3 is 0 Å². The molecule has 0 radical (unpaired) electrons. The van der Waals surface area contributed by atoms with E-state index in [1.807, 2.05) is 34.0 Å². The third-order valence-electron chi connectivity index (χ3n) is 6.61. The Kier molecular flexibility index (Phi) is 11.7. The van der Waals surface area contributed by atoms with E-state index < -0.39 is 10.0 Å². The minimum absolute atomic E-state index is 0.203. The minimum atomic E-state index is -3.65. The molecule has 0 spiro atoms. The van der Waals surface area contributed by atoms with E-state index in [4.69, 9.17) is 14.5 Å². The number of thiazole rings is 1. The summed E-state index contributed by atoms with van der Waals surface area (Å²) in [5.74, 6) is 0.940. The largest absolute Gasteiger partial charge is 0.493 e. The van der Waals surface area contributed by atoms with Crippen LogP contribution in [-0.4, -0.2) is 83.0 Å². The summed E-state index contributed by atoms with van der Waals surface area (Å²) >= 11 is 1.40. The van der Waals surface area contributed by atoms with E-state index in [9.17, 15) is 13.2 Å². The van der Waals surface area contributed by atoms with Crippen LogP contribution in [0.15, 0.2) is 41.3 Å². The highest BCUT2D eigenvalue weighted by atomic mass is 32.2. The molecular formula is C29H42N4O5S2. The van der Waals surface area contributed by atoms with Crippen molar-refractivity contribution in [2.45, 2.75) is 50.8 Å². The number of fused-ring (bicyclic) bond motifs is 1. The minimum Gasteiger partial charge on any atom is -0.493 e. The van der Waals surface area contributed by atoms with Gasteiger partial charge in [-0.25, -0.2) is 13.4 Å². The van der Waals surface area contributed by atoms with E-state index in [0.717, 1.165) is 43.3 Å². The van der Waals surface area contributed by atoms with Crippen LogP contribution < -0.4 is 14.4 Å². The molecule has 0 aliphatic heterocycles. The van der Waals surface area contributed by atoms with Gasteiger partial charge < -0.3 is 14.4 Å². The Labute approximate surface area is 242 Å². The van der Waals surface area contributed by atoms with Crippen molar-refractivity contribution in [1.82, 2.24) is 14.2 Å². The fraction of sp³-hybridized carbons (Fsp3) is 0.517. The number of anilines is 1. The van der Waals surface area contributed by atoms with Gasteiger partial charge in [-0.05, 0) is 64.2 Å². The Morgan fingerprint density at radius 2 is 1.48 bits per heavy atom. The first-order valence-electron chi connectivity index (χ1n) is 13.8. The molecule has 1 aromatic heterocycles. The van der Waals surface area contributed by atoms with Gasteiger partial charge in [0.1, 0.15) is 0 Å². The monoisotopic (exact) mass is 590 g/mol. The second kappa shape index (κ2) is 14.8. The molecule has 40 heavy (non-hydrogen) atoms. The van der Waals surface area contributed by atoms with Crippen LogP contribution in [0.1, 0.15) is 56.3 Å². The molecule has 0 aliphatic carbocycles. The summed E-state index contributed by atoms with van der Waals surface area (Å²) in [4.78, 5) is 22.5. The van der Waals surface area contributed by atoms with E-state index in [0.29, 0.717) is 47.3 Å². The lowest BCUT2D eigenvalue weighted by Crippen LogP contribution is -2.34. The van der Waals surface area contributed by atoms with E-state index in [-0.39, 0.29) is 10.8 Å². The predicted octanol–water partition coefficient (Wildman–Crippen LogP) is 5.50. The van der Waals surface area contributed by atoms with Gasteiger partial charge in [-0.3, -0.25) is 9.69 Å². The molecule has 0 fully saturated rings. The Hall–Kier alpha value is -2.73. The van der Waals surface area contributed by atoms with Crippen molar-refractivity contribution in [3.63, 3.8) is 0 Å². The summed E-state index contributed by atoms with van der Waals surface area (Å²) in [6.07, 6.45) is 4.20. The number of benzene rings is 2. The van der Waals surface area contributed by atoms with Crippen LogP contribution in [0.25, 0.3) is 10.2 Å². The lowest BCUT2D eigenvalue weighted by molar-refractivity contribution is 0.0986. The van der Waals surface area contributed by atoms with Crippen LogP contribution in [0.3, 0.4) is 0 Å². The van der Waals surface area contributed by atoms with Gasteiger partial charge in [0.2, 0.25) is 10.0 Å². The number of unbranched alkanes of at least 4 members (excludes halogenated alkanes) is 2. The Balaban J connectivity index is 1.93. The van der Waals surface area contributed by atoms with Gasteiger partial charge in [0, 0.05) is 37.3 Å². The molecule has 0 unspecified atom stereocenters. The summed E-state index contributed by atoms with van der Waals surface area (Å²) in [6.45, 7) is 6.35. The molecule has 0 aliphatic rings. The number of nitrogens with zero attached hydrogens (tertiary/aromatic N) is 4. The standard InChI is InChI=1S/C29H42N4O5S2/c1-7-9-17-32(18-10-8-2)40(35,36)23-14-12-22(13-15-23)28(34)33(19-11-16-31(3)4)29-30-24-20-25(37-5)26(38-6)21-27(24)39-29/h12-15,20-21H,7-11,16-19H2,1-6H3. The maximum absolute atomic E-state index is 13.8. The van der Waals surface area contributed by atoms with Crippen molar-refractivity contribution in [3.8, 4) is 11.5 Å². The van der Waals surface area contributed by atoms with Crippen molar-refractivity contribution >= 4 is 42.6 Å². The zero-order valence-corrected chi connectivity index (χ0v) is 26.1. The molecule has 0 saturated carbocycles. The summed E-state index contributed by atoms with van der Waals surface area (Å²) in [5.41, 5.74) is 1.12. The highest BCUT2D eigenvalue weighted by Crippen LogP contribution is 2.37. The molecule has 3 aromatic rings. The van der Waals surface area contributed by atoms with Crippen LogP contribution in [0.5, 0.6) is 11.5 Å². The number of rotatable bonds is 16. The van der Waals surface area contributed by atoms with Crippen molar-refractivity contribution in [1.29, 1.82) is 0 Å². The SMILES string of the molecule is CCCCN(CCCC)S(=O)(=O)c1ccc(C(=O)N(CCCN(C)C)c2nc3cc(OC)c(OC)cc3s2)cc1. The van der Waals surface area contributed by atoms with E-state index >= 15 is 0 Å². The molecule has 0 N–H and O–H groups in total. The smallest absolute Gasteiger partial charge is 0.260 e. The fourth-order valence-electron chi connectivity index (χ4n) is 4.28. The normalized spacial score (nSPS) is 11.9. The van der Waals surface area contributed by atoms with E-state index in [1.54, 1.807) is 53.8 Å². The molecule has 3 rings (SSSR count). The lowest BCUT2D eigenvalue weighted by Gasteiger charge is -2.23. The van der Waals surface area contributed by atoms with Gasteiger partial charge in [-0.15, -0.1) is 0 Å². The third kappa shape index (κ3) is 7.72. The van der Waals surface area contributed by atoms with Gasteiger partial charge in [-0.2, -0.15) is 4.31 Å². The van der Waals surface area contributed by atoms with Crippen molar-refractivity contribution in [3.05, 3.63) is 42.0 Å². The maximum atomic E-state index is 13.8. The molecule has 2 aromatic carbocycles. The summed E-state index contributed by atoms with van der Waals surface area (Å²) in [5, 5.41) is 0.566. The molecule has 0 atom stereocenters. The molecule has 0 bridgehead atoms. The highest BCUT2D eigenvalue weighted by Gasteiger charge is 2.26. The average molecular weight is 591 g/mol. The van der Waals surface area contributed by atoms with Gasteiger partial charge in [0.05, 0.1) is 29.3 Å². The molecule has 1 heterocycles. The summed E-state index contributed by atoms with van der Waals surface area (Å²) in [7, 11) is 3.49. The second-order valence-corrected chi connectivity index (χ2v) is 12.9. The highest BCUT2D eigenvalue weighted by molar-refractivity contribution is 7.89. The van der Waals surface area contributed by atoms with Gasteiger partial charge in [-0.1, -0.05) is 38.0 Å². The first kappa shape index (κ1) is 31.8. The van der Waals surface area contributed by atoms with Crippen molar-refractivity contribution < 1.29 is 22.7 Å². The van der Waals surface area contributed by atoms with Crippen LogP contribution in [0, 0.1) is 0 Å². The number of carbonyl (C=O) groups is 1. The third-order valence-corrected chi connectivity index (χ3v) is 9.56. The number of methoxy groups -OCH3 is 2. The van der Waals surface area contributed by atoms with Crippen LogP contribution >= 0.6 is 11.3 Å². The number of hydrogen-bond acceptors (Lipinski definition) is 8. The number of sulfonamides is 1. The number of hydrogen-bond donors (Lipinski definition) is 0. The quantitative estimate of drug-likeness (QED) is 0.217. The Morgan fingerprint density at radius 1 is 0.875 bits per heavy atom. The zero-order chi connectivity index (χ0) is 29.3. The predicted molar refractivity (Wildman–Crippen MR) is 163 cm³/mol. The molecule has 1 amide bonds. The number of carbonyl (C=O) groups excluding carboxylic acids is 1. The van der Waals surface area contributed by atoms with Crippen LogP contribution in [-0.2, 0) is 10.0 Å². The zero-order valence-electron chi connectivity index (χ0n) is 24.5. The molecule has 0 saturated heterocycles. The molecule has 220 valence electrons. The second-order valence-electron chi connectivity index (χ2n) is 9.92. The molecule has 9 nitrogen and oxygen atoms in total. The van der Waals surface area contributed by atoms with Gasteiger partial charge in [0.25, 0.3) is 5.91 Å². The van der Waals surface area contributed by atoms with Crippen molar-refractivity contribution in [2.24, 2.45) is 0 Å².